The normalized spacial score (nSPS) is 12.3. The number of fused-ring (bicyclic) bond motifs is 1. The second-order valence-electron chi connectivity index (χ2n) is 19.6. The van der Waals surface area contributed by atoms with E-state index < -0.39 is 40.5 Å². The van der Waals surface area contributed by atoms with Crippen molar-refractivity contribution in [1.29, 1.82) is 0 Å². The van der Waals surface area contributed by atoms with Gasteiger partial charge < -0.3 is 47.8 Å². The minimum atomic E-state index is -4.33. The second kappa shape index (κ2) is 26.5. The minimum Gasteiger partial charge on any atom is -0.508 e. The number of methoxy groups -OCH3 is 3. The van der Waals surface area contributed by atoms with Gasteiger partial charge in [0.25, 0.3) is 10.1 Å². The topological polar surface area (TPSA) is 230 Å². The fourth-order valence-corrected chi connectivity index (χ4v) is 11.4. The number of halogens is 2. The van der Waals surface area contributed by atoms with E-state index in [2.05, 4.69) is 35.9 Å². The lowest BCUT2D eigenvalue weighted by molar-refractivity contribution is -0.145. The summed E-state index contributed by atoms with van der Waals surface area (Å²) in [7, 11) is 0.389. The van der Waals surface area contributed by atoms with Crippen molar-refractivity contribution in [3.05, 3.63) is 225 Å². The van der Waals surface area contributed by atoms with E-state index in [0.717, 1.165) is 11.1 Å². The van der Waals surface area contributed by atoms with Crippen LogP contribution in [0, 0.1) is 13.8 Å². The van der Waals surface area contributed by atoms with Crippen LogP contribution in [0.4, 0.5) is 0 Å². The standard InChI is InChI=1S/C65H56BrClN4O14S/c1-39-15-26-50(27-16-39)86(75,76)82-37-49(36-81-65(42-11-7-6-8-12-42,43-17-22-47(77-3)23-18-43)44-19-24-48(78-4)25-20-44)83-55-30-28-51(40(2)59(55)67)57-58-62(69-38-70-63(58)85-60(57)66)84-56(64(73)74)34-41-33-46(72)21-29-53(41)80-35-45-31-32-68-61(71-45)52-13-9-10-14-54(52)79-5/h6-33,38,49,56,72H,34-37H2,1-5H3,(H,73,74). The van der Waals surface area contributed by atoms with E-state index in [-0.39, 0.29) is 68.5 Å². The quantitative estimate of drug-likeness (QED) is 0.0400. The van der Waals surface area contributed by atoms with Crippen LogP contribution in [-0.4, -0.2) is 91.3 Å². The number of aliphatic carboxylic acids is 1. The minimum absolute atomic E-state index is 0.0337. The van der Waals surface area contributed by atoms with Crippen molar-refractivity contribution in [3.63, 3.8) is 0 Å². The maximum Gasteiger partial charge on any atom is 0.345 e. The molecule has 2 unspecified atom stereocenters. The Morgan fingerprint density at radius 1 is 0.709 bits per heavy atom. The lowest BCUT2D eigenvalue weighted by atomic mass is 9.80. The zero-order valence-electron chi connectivity index (χ0n) is 47.0. The van der Waals surface area contributed by atoms with Gasteiger partial charge in [-0.25, -0.2) is 24.7 Å². The largest absolute Gasteiger partial charge is 0.508 e. The molecule has 18 nitrogen and oxygen atoms in total. The van der Waals surface area contributed by atoms with Gasteiger partial charge >= 0.3 is 5.97 Å². The Morgan fingerprint density at radius 3 is 2.05 bits per heavy atom. The zero-order valence-corrected chi connectivity index (χ0v) is 50.1. The Kier molecular flexibility index (Phi) is 18.5. The Morgan fingerprint density at radius 2 is 1.37 bits per heavy atom. The molecule has 2 atom stereocenters. The second-order valence-corrected chi connectivity index (χ2v) is 22.3. The maximum atomic E-state index is 13.9. The molecule has 10 rings (SSSR count). The number of aromatic nitrogens is 4. The summed E-state index contributed by atoms with van der Waals surface area (Å²) in [6.07, 6.45) is -0.263. The van der Waals surface area contributed by atoms with Gasteiger partial charge in [-0.15, -0.1) is 0 Å². The van der Waals surface area contributed by atoms with Gasteiger partial charge in [0.1, 0.15) is 71.1 Å². The van der Waals surface area contributed by atoms with Crippen LogP contribution >= 0.6 is 27.5 Å². The van der Waals surface area contributed by atoms with Crippen molar-refractivity contribution in [2.75, 3.05) is 34.5 Å². The fraction of sp³-hybridized carbons (Fsp3) is 0.185. The lowest BCUT2D eigenvalue weighted by Crippen LogP contribution is -2.39. The molecule has 0 amide bonds. The molecule has 0 saturated carbocycles. The smallest absolute Gasteiger partial charge is 0.345 e. The highest BCUT2D eigenvalue weighted by atomic mass is 79.9. The molecule has 2 N–H and O–H groups in total. The van der Waals surface area contributed by atoms with E-state index in [1.54, 1.807) is 70.8 Å². The first kappa shape index (κ1) is 60.1. The van der Waals surface area contributed by atoms with Gasteiger partial charge in [-0.05, 0) is 136 Å². The number of aromatic hydroxyl groups is 1. The first-order chi connectivity index (χ1) is 41.6. The van der Waals surface area contributed by atoms with Crippen molar-refractivity contribution in [2.24, 2.45) is 0 Å². The van der Waals surface area contributed by atoms with Crippen LogP contribution in [0.2, 0.25) is 5.02 Å². The van der Waals surface area contributed by atoms with Crippen LogP contribution in [0.25, 0.3) is 33.6 Å². The molecule has 0 fully saturated rings. The Bertz CT molecular complexity index is 4090. The van der Waals surface area contributed by atoms with Gasteiger partial charge in [-0.3, -0.25) is 4.18 Å². The van der Waals surface area contributed by atoms with Gasteiger partial charge in [0.2, 0.25) is 17.7 Å². The molecule has 86 heavy (non-hydrogen) atoms. The highest BCUT2D eigenvalue weighted by Gasteiger charge is 2.40. The Hall–Kier alpha value is -9.05. The number of hydrogen-bond acceptors (Lipinski definition) is 17. The summed E-state index contributed by atoms with van der Waals surface area (Å²) in [5.41, 5.74) is 4.57. The predicted octanol–water partition coefficient (Wildman–Crippen LogP) is 12.9. The van der Waals surface area contributed by atoms with Gasteiger partial charge in [0, 0.05) is 18.2 Å². The molecule has 3 heterocycles. The number of rotatable bonds is 25. The summed E-state index contributed by atoms with van der Waals surface area (Å²) < 4.78 is 82.8. The number of benzene rings is 7. The molecule has 0 aliphatic rings. The van der Waals surface area contributed by atoms with Gasteiger partial charge in [-0.2, -0.15) is 8.42 Å². The molecule has 0 saturated heterocycles. The first-order valence-corrected chi connectivity index (χ1v) is 29.3. The predicted molar refractivity (Wildman–Crippen MR) is 324 cm³/mol. The van der Waals surface area contributed by atoms with Crippen LogP contribution in [0.5, 0.6) is 40.4 Å². The summed E-state index contributed by atoms with van der Waals surface area (Å²) >= 11 is 10.9. The number of hydrogen-bond donors (Lipinski definition) is 2. The molecular formula is C65H56BrClN4O14S. The van der Waals surface area contributed by atoms with E-state index in [4.69, 9.17) is 53.4 Å². The molecular weight excluding hydrogens is 1210 g/mol. The molecule has 0 bridgehead atoms. The van der Waals surface area contributed by atoms with Crippen molar-refractivity contribution < 1.29 is 65.2 Å². The number of phenolic OH excluding ortho intramolecular Hbond substituents is 1. The number of para-hydroxylation sites is 1. The molecule has 10 aromatic rings. The van der Waals surface area contributed by atoms with Crippen molar-refractivity contribution in [2.45, 2.75) is 49.6 Å². The van der Waals surface area contributed by atoms with Crippen LogP contribution in [0.15, 0.2) is 190 Å². The van der Waals surface area contributed by atoms with Crippen LogP contribution in [0.1, 0.15) is 39.1 Å². The summed E-state index contributed by atoms with van der Waals surface area (Å²) in [6.45, 7) is 2.77. The Labute approximate surface area is 509 Å². The number of carboxylic acids is 1. The molecule has 7 aromatic carbocycles. The highest BCUT2D eigenvalue weighted by molar-refractivity contribution is 9.10. The number of nitrogens with zero attached hydrogens (tertiary/aromatic N) is 4. The first-order valence-electron chi connectivity index (χ1n) is 26.7. The highest BCUT2D eigenvalue weighted by Crippen LogP contribution is 2.47. The van der Waals surface area contributed by atoms with Crippen molar-refractivity contribution >= 4 is 54.7 Å². The number of phenols is 1. The molecule has 0 aliphatic carbocycles. The molecule has 440 valence electrons. The van der Waals surface area contributed by atoms with E-state index in [9.17, 15) is 23.4 Å². The zero-order chi connectivity index (χ0) is 60.5. The van der Waals surface area contributed by atoms with E-state index in [1.807, 2.05) is 104 Å². The van der Waals surface area contributed by atoms with Crippen LogP contribution < -0.4 is 28.4 Å². The SMILES string of the molecule is COc1ccc(C(OCC(COS(=O)(=O)c2ccc(C)cc2)Oc2ccc(-c3c(Br)oc4ncnc(OC(Cc5cc(O)ccc5OCc5ccnc(-c6ccccc6OC)n5)C(=O)O)c34)c(C)c2Cl)(c2ccccc2)c2ccc(OC)cc2)cc1. The number of carbonyl (C=O) groups is 1. The molecule has 0 aliphatic heterocycles. The average molecular weight is 1260 g/mol. The number of carboxylic acid groups (broad SMARTS) is 1. The maximum absolute atomic E-state index is 13.9. The average Bonchev–Trinajstić information content (AvgIpc) is 1.49. The third-order valence-electron chi connectivity index (χ3n) is 14.1. The summed E-state index contributed by atoms with van der Waals surface area (Å²) in [5.74, 6) is 1.02. The lowest BCUT2D eigenvalue weighted by Gasteiger charge is -2.37. The third kappa shape index (κ3) is 13.1. The monoisotopic (exact) mass is 1260 g/mol. The van der Waals surface area contributed by atoms with Gasteiger partial charge in [0.15, 0.2) is 10.5 Å². The number of furan rings is 1. The number of aryl methyl sites for hydroxylation is 1. The summed E-state index contributed by atoms with van der Waals surface area (Å²) in [6, 6.07) is 47.4. The third-order valence-corrected chi connectivity index (χ3v) is 16.4. The Balaban J connectivity index is 0.961. The van der Waals surface area contributed by atoms with Crippen LogP contribution in [0.3, 0.4) is 0 Å². The van der Waals surface area contributed by atoms with Crippen molar-refractivity contribution in [1.82, 2.24) is 19.9 Å². The van der Waals surface area contributed by atoms with E-state index in [1.165, 1.54) is 36.7 Å². The molecule has 0 spiro atoms. The fourth-order valence-electron chi connectivity index (χ4n) is 9.73. The summed E-state index contributed by atoms with van der Waals surface area (Å²) in [5, 5.41) is 21.7. The number of ether oxygens (including phenoxy) is 7. The molecule has 21 heteroatoms. The van der Waals surface area contributed by atoms with Crippen molar-refractivity contribution in [3.8, 4) is 62.9 Å². The molecule has 3 aromatic heterocycles. The van der Waals surface area contributed by atoms with Crippen LogP contribution in [-0.2, 0) is 42.5 Å². The molecule has 0 radical (unpaired) electrons. The van der Waals surface area contributed by atoms with Gasteiger partial charge in [-0.1, -0.05) is 102 Å². The summed E-state index contributed by atoms with van der Waals surface area (Å²) in [4.78, 5) is 30.9. The van der Waals surface area contributed by atoms with E-state index >= 15 is 0 Å². The van der Waals surface area contributed by atoms with Gasteiger partial charge in [0.05, 0.1) is 54.7 Å². The van der Waals surface area contributed by atoms with E-state index in [0.29, 0.717) is 67.7 Å².